The summed E-state index contributed by atoms with van der Waals surface area (Å²) in [6.07, 6.45) is 4.92. The molecule has 0 spiro atoms. The standard InChI is InChI=1S/C10H18O3/c1-3-6-9(11)7-5-8-10(12)13-4-2/h5,8-9,11H,3-4,6-7H2,1-2H3. The van der Waals surface area contributed by atoms with Crippen LogP contribution in [0.25, 0.3) is 0 Å². The van der Waals surface area contributed by atoms with Crippen LogP contribution in [0.2, 0.25) is 0 Å². The molecule has 0 saturated carbocycles. The summed E-state index contributed by atoms with van der Waals surface area (Å²) < 4.78 is 4.68. The molecular formula is C10H18O3. The summed E-state index contributed by atoms with van der Waals surface area (Å²) >= 11 is 0. The van der Waals surface area contributed by atoms with Crippen molar-refractivity contribution in [2.24, 2.45) is 0 Å². The predicted molar refractivity (Wildman–Crippen MR) is 51.3 cm³/mol. The van der Waals surface area contributed by atoms with Crippen molar-refractivity contribution in [2.75, 3.05) is 6.61 Å². The highest BCUT2D eigenvalue weighted by molar-refractivity contribution is 5.81. The maximum Gasteiger partial charge on any atom is 0.330 e. The second-order valence-electron chi connectivity index (χ2n) is 2.83. The fourth-order valence-corrected chi connectivity index (χ4v) is 0.963. The molecule has 0 aromatic rings. The first kappa shape index (κ1) is 12.2. The fraction of sp³-hybridized carbons (Fsp3) is 0.700. The molecule has 3 heteroatoms. The van der Waals surface area contributed by atoms with Crippen molar-refractivity contribution in [1.82, 2.24) is 0 Å². The van der Waals surface area contributed by atoms with Crippen LogP contribution in [0, 0.1) is 0 Å². The molecule has 0 radical (unpaired) electrons. The first-order chi connectivity index (χ1) is 6.20. The van der Waals surface area contributed by atoms with Crippen molar-refractivity contribution in [3.63, 3.8) is 0 Å². The average Bonchev–Trinajstić information content (AvgIpc) is 2.05. The number of ether oxygens (including phenoxy) is 1. The molecule has 0 fully saturated rings. The Morgan fingerprint density at radius 3 is 2.77 bits per heavy atom. The van der Waals surface area contributed by atoms with Gasteiger partial charge in [-0.05, 0) is 19.8 Å². The molecule has 0 aliphatic carbocycles. The zero-order chi connectivity index (χ0) is 10.1. The van der Waals surface area contributed by atoms with Gasteiger partial charge in [0.05, 0.1) is 12.7 Å². The molecule has 13 heavy (non-hydrogen) atoms. The van der Waals surface area contributed by atoms with E-state index in [1.165, 1.54) is 6.08 Å². The van der Waals surface area contributed by atoms with E-state index in [1.807, 2.05) is 6.92 Å². The van der Waals surface area contributed by atoms with E-state index in [4.69, 9.17) is 0 Å². The van der Waals surface area contributed by atoms with Gasteiger partial charge in [-0.1, -0.05) is 19.4 Å². The summed E-state index contributed by atoms with van der Waals surface area (Å²) in [5, 5.41) is 9.29. The third-order valence-corrected chi connectivity index (χ3v) is 1.57. The number of rotatable bonds is 6. The van der Waals surface area contributed by atoms with E-state index in [0.29, 0.717) is 13.0 Å². The molecule has 1 N–H and O–H groups in total. The quantitative estimate of drug-likeness (QED) is 0.507. The van der Waals surface area contributed by atoms with E-state index in [9.17, 15) is 9.90 Å². The Balaban J connectivity index is 3.55. The third-order valence-electron chi connectivity index (χ3n) is 1.57. The normalized spacial score (nSPS) is 13.2. The van der Waals surface area contributed by atoms with Gasteiger partial charge >= 0.3 is 5.97 Å². The predicted octanol–water partition coefficient (Wildman–Crippen LogP) is 1.66. The van der Waals surface area contributed by atoms with Gasteiger partial charge in [0.2, 0.25) is 0 Å². The molecule has 3 nitrogen and oxygen atoms in total. The van der Waals surface area contributed by atoms with Crippen LogP contribution >= 0.6 is 0 Å². The lowest BCUT2D eigenvalue weighted by molar-refractivity contribution is -0.137. The summed E-state index contributed by atoms with van der Waals surface area (Å²) in [5.74, 6) is -0.341. The molecule has 0 aromatic carbocycles. The van der Waals surface area contributed by atoms with Crippen LogP contribution in [0.4, 0.5) is 0 Å². The molecule has 0 saturated heterocycles. The summed E-state index contributed by atoms with van der Waals surface area (Å²) in [4.78, 5) is 10.8. The molecule has 0 aromatic heterocycles. The van der Waals surface area contributed by atoms with E-state index < -0.39 is 0 Å². The largest absolute Gasteiger partial charge is 0.463 e. The summed E-state index contributed by atoms with van der Waals surface area (Å²) in [7, 11) is 0. The average molecular weight is 186 g/mol. The Hall–Kier alpha value is -0.830. The maximum atomic E-state index is 10.8. The highest BCUT2D eigenvalue weighted by Gasteiger charge is 1.99. The molecule has 76 valence electrons. The van der Waals surface area contributed by atoms with Gasteiger partial charge in [0.25, 0.3) is 0 Å². The van der Waals surface area contributed by atoms with Crippen molar-refractivity contribution >= 4 is 5.97 Å². The van der Waals surface area contributed by atoms with Gasteiger partial charge in [0, 0.05) is 6.08 Å². The second-order valence-corrected chi connectivity index (χ2v) is 2.83. The fourth-order valence-electron chi connectivity index (χ4n) is 0.963. The number of carbonyl (C=O) groups excluding carboxylic acids is 1. The van der Waals surface area contributed by atoms with E-state index in [2.05, 4.69) is 4.74 Å². The van der Waals surface area contributed by atoms with Crippen LogP contribution in [0.15, 0.2) is 12.2 Å². The van der Waals surface area contributed by atoms with Gasteiger partial charge in [-0.15, -0.1) is 0 Å². The Morgan fingerprint density at radius 1 is 1.54 bits per heavy atom. The van der Waals surface area contributed by atoms with Crippen LogP contribution in [0.1, 0.15) is 33.1 Å². The van der Waals surface area contributed by atoms with Gasteiger partial charge in [-0.2, -0.15) is 0 Å². The van der Waals surface area contributed by atoms with Crippen LogP contribution in [-0.2, 0) is 9.53 Å². The zero-order valence-corrected chi connectivity index (χ0v) is 8.32. The Kier molecular flexibility index (Phi) is 7.30. The first-order valence-corrected chi connectivity index (χ1v) is 4.72. The van der Waals surface area contributed by atoms with Crippen LogP contribution in [0.5, 0.6) is 0 Å². The number of hydrogen-bond donors (Lipinski definition) is 1. The number of aliphatic hydroxyl groups is 1. The van der Waals surface area contributed by atoms with Crippen molar-refractivity contribution in [1.29, 1.82) is 0 Å². The lowest BCUT2D eigenvalue weighted by atomic mass is 10.1. The molecule has 0 bridgehead atoms. The Labute approximate surface area is 79.4 Å². The van der Waals surface area contributed by atoms with Gasteiger partial charge in [-0.25, -0.2) is 4.79 Å². The zero-order valence-electron chi connectivity index (χ0n) is 8.32. The molecule has 0 aliphatic heterocycles. The Bertz CT molecular complexity index is 164. The van der Waals surface area contributed by atoms with Gasteiger partial charge in [0.15, 0.2) is 0 Å². The van der Waals surface area contributed by atoms with Crippen LogP contribution in [0.3, 0.4) is 0 Å². The van der Waals surface area contributed by atoms with Gasteiger partial charge in [-0.3, -0.25) is 0 Å². The molecule has 0 rings (SSSR count). The number of esters is 1. The lowest BCUT2D eigenvalue weighted by Crippen LogP contribution is -2.04. The van der Waals surface area contributed by atoms with Crippen LogP contribution in [-0.4, -0.2) is 23.8 Å². The minimum absolute atomic E-state index is 0.337. The van der Waals surface area contributed by atoms with E-state index in [1.54, 1.807) is 13.0 Å². The number of aliphatic hydroxyl groups excluding tert-OH is 1. The summed E-state index contributed by atoms with van der Waals surface area (Å²) in [6.45, 7) is 4.16. The minimum Gasteiger partial charge on any atom is -0.463 e. The Morgan fingerprint density at radius 2 is 2.23 bits per heavy atom. The second kappa shape index (κ2) is 7.80. The topological polar surface area (TPSA) is 46.5 Å². The van der Waals surface area contributed by atoms with Crippen molar-refractivity contribution in [3.05, 3.63) is 12.2 Å². The molecule has 0 heterocycles. The summed E-state index contributed by atoms with van der Waals surface area (Å²) in [5.41, 5.74) is 0. The SMILES string of the molecule is CCCC(O)CC=CC(=O)OCC. The highest BCUT2D eigenvalue weighted by atomic mass is 16.5. The minimum atomic E-state index is -0.341. The first-order valence-electron chi connectivity index (χ1n) is 4.72. The third kappa shape index (κ3) is 7.53. The van der Waals surface area contributed by atoms with Crippen molar-refractivity contribution in [2.45, 2.75) is 39.2 Å². The highest BCUT2D eigenvalue weighted by Crippen LogP contribution is 2.01. The van der Waals surface area contributed by atoms with Gasteiger partial charge in [0.1, 0.15) is 0 Å². The van der Waals surface area contributed by atoms with E-state index in [0.717, 1.165) is 12.8 Å². The molecule has 1 atom stereocenters. The maximum absolute atomic E-state index is 10.8. The molecule has 1 unspecified atom stereocenters. The lowest BCUT2D eigenvalue weighted by Gasteiger charge is -2.03. The number of hydrogen-bond acceptors (Lipinski definition) is 3. The summed E-state index contributed by atoms with van der Waals surface area (Å²) in [6, 6.07) is 0. The van der Waals surface area contributed by atoms with Crippen molar-refractivity contribution < 1.29 is 14.6 Å². The monoisotopic (exact) mass is 186 g/mol. The van der Waals surface area contributed by atoms with Gasteiger partial charge < -0.3 is 9.84 Å². The molecular weight excluding hydrogens is 168 g/mol. The smallest absolute Gasteiger partial charge is 0.330 e. The van der Waals surface area contributed by atoms with Crippen LogP contribution < -0.4 is 0 Å². The van der Waals surface area contributed by atoms with E-state index >= 15 is 0 Å². The molecule has 0 amide bonds. The van der Waals surface area contributed by atoms with E-state index in [-0.39, 0.29) is 12.1 Å². The number of carbonyl (C=O) groups is 1. The van der Waals surface area contributed by atoms with Crippen molar-refractivity contribution in [3.8, 4) is 0 Å². The molecule has 0 aliphatic rings.